The number of hydrogen-bond donors (Lipinski definition) is 2. The van der Waals surface area contributed by atoms with Crippen LogP contribution >= 0.6 is 0 Å². The van der Waals surface area contributed by atoms with E-state index < -0.39 is 0 Å². The first-order valence-corrected chi connectivity index (χ1v) is 9.45. The number of rotatable bonds is 5. The third-order valence-corrected chi connectivity index (χ3v) is 4.87. The summed E-state index contributed by atoms with van der Waals surface area (Å²) in [5, 5.41) is 3.83. The predicted molar refractivity (Wildman–Crippen MR) is 112 cm³/mol. The van der Waals surface area contributed by atoms with Gasteiger partial charge in [-0.2, -0.15) is 0 Å². The Labute approximate surface area is 167 Å². The largest absolute Gasteiger partial charge is 0.441 e. The quantitative estimate of drug-likeness (QED) is 0.546. The number of carbonyl (C=O) groups excluding carboxylic acids is 1. The molecule has 2 heterocycles. The summed E-state index contributed by atoms with van der Waals surface area (Å²) in [5.41, 5.74) is 3.60. The molecule has 146 valence electrons. The number of aromatic amines is 1. The maximum atomic E-state index is 12.5. The fourth-order valence-electron chi connectivity index (χ4n) is 3.34. The van der Waals surface area contributed by atoms with Crippen LogP contribution in [0.5, 0.6) is 0 Å². The van der Waals surface area contributed by atoms with E-state index in [2.05, 4.69) is 15.3 Å². The number of aryl methyl sites for hydroxylation is 2. The zero-order valence-corrected chi connectivity index (χ0v) is 16.3. The van der Waals surface area contributed by atoms with Gasteiger partial charge in [-0.25, -0.2) is 4.98 Å². The standard InChI is InChI=1S/C23H21N3O3/c1-14-12-21(27)25-20-13-17(8-9-18(14)20)22(28)24-11-10-19-15(2)29-23(26-19)16-6-4-3-5-7-16/h3-9,12-13H,10-11H2,1-2H3,(H,24,28)(H,25,27). The van der Waals surface area contributed by atoms with Crippen LogP contribution in [0.4, 0.5) is 0 Å². The van der Waals surface area contributed by atoms with Crippen molar-refractivity contribution in [3.8, 4) is 11.5 Å². The number of oxazole rings is 1. The molecule has 2 aromatic carbocycles. The van der Waals surface area contributed by atoms with Crippen molar-refractivity contribution in [3.05, 3.63) is 87.5 Å². The SMILES string of the molecule is Cc1oc(-c2ccccc2)nc1CCNC(=O)c1ccc2c(C)cc(=O)[nH]c2c1. The maximum absolute atomic E-state index is 12.5. The summed E-state index contributed by atoms with van der Waals surface area (Å²) < 4.78 is 5.76. The van der Waals surface area contributed by atoms with Gasteiger partial charge < -0.3 is 14.7 Å². The predicted octanol–water partition coefficient (Wildman–Crippen LogP) is 3.77. The minimum atomic E-state index is -0.196. The zero-order valence-electron chi connectivity index (χ0n) is 16.3. The smallest absolute Gasteiger partial charge is 0.251 e. The van der Waals surface area contributed by atoms with Gasteiger partial charge in [-0.15, -0.1) is 0 Å². The van der Waals surface area contributed by atoms with Gasteiger partial charge in [-0.1, -0.05) is 24.3 Å². The first-order chi connectivity index (χ1) is 14.0. The lowest BCUT2D eigenvalue weighted by Gasteiger charge is -2.07. The normalized spacial score (nSPS) is 11.0. The number of fused-ring (bicyclic) bond motifs is 1. The molecule has 0 bridgehead atoms. The lowest BCUT2D eigenvalue weighted by Crippen LogP contribution is -2.26. The van der Waals surface area contributed by atoms with Crippen molar-refractivity contribution < 1.29 is 9.21 Å². The molecular formula is C23H21N3O3. The van der Waals surface area contributed by atoms with Crippen LogP contribution < -0.4 is 10.9 Å². The lowest BCUT2D eigenvalue weighted by atomic mass is 10.1. The van der Waals surface area contributed by atoms with Gasteiger partial charge >= 0.3 is 0 Å². The number of benzene rings is 2. The molecular weight excluding hydrogens is 366 g/mol. The van der Waals surface area contributed by atoms with Gasteiger partial charge in [0.15, 0.2) is 0 Å². The molecule has 0 fully saturated rings. The second-order valence-electron chi connectivity index (χ2n) is 6.97. The van der Waals surface area contributed by atoms with Crippen LogP contribution in [-0.4, -0.2) is 22.4 Å². The van der Waals surface area contributed by atoms with Crippen LogP contribution in [0, 0.1) is 13.8 Å². The fraction of sp³-hybridized carbons (Fsp3) is 0.174. The maximum Gasteiger partial charge on any atom is 0.251 e. The highest BCUT2D eigenvalue weighted by molar-refractivity contribution is 5.98. The minimum absolute atomic E-state index is 0.178. The number of pyridine rings is 1. The van der Waals surface area contributed by atoms with E-state index in [4.69, 9.17) is 4.42 Å². The molecule has 0 aliphatic heterocycles. The highest BCUT2D eigenvalue weighted by atomic mass is 16.4. The first-order valence-electron chi connectivity index (χ1n) is 9.45. The molecule has 4 aromatic rings. The topological polar surface area (TPSA) is 88.0 Å². The zero-order chi connectivity index (χ0) is 20.4. The number of aromatic nitrogens is 2. The molecule has 6 nitrogen and oxygen atoms in total. The third kappa shape index (κ3) is 3.96. The Bertz CT molecular complexity index is 1240. The molecule has 0 aliphatic rings. The van der Waals surface area contributed by atoms with Gasteiger partial charge in [0, 0.05) is 41.1 Å². The highest BCUT2D eigenvalue weighted by Gasteiger charge is 2.12. The molecule has 2 N–H and O–H groups in total. The summed E-state index contributed by atoms with van der Waals surface area (Å²) in [5.74, 6) is 1.13. The number of amides is 1. The molecule has 0 spiro atoms. The van der Waals surface area contributed by atoms with Crippen molar-refractivity contribution in [1.29, 1.82) is 0 Å². The molecule has 0 saturated carbocycles. The Morgan fingerprint density at radius 1 is 1.10 bits per heavy atom. The third-order valence-electron chi connectivity index (χ3n) is 4.87. The number of nitrogens with one attached hydrogen (secondary N) is 2. The number of carbonyl (C=O) groups is 1. The van der Waals surface area contributed by atoms with E-state index in [1.54, 1.807) is 18.2 Å². The first kappa shape index (κ1) is 18.7. The summed E-state index contributed by atoms with van der Waals surface area (Å²) in [6.07, 6.45) is 0.567. The second-order valence-corrected chi connectivity index (χ2v) is 6.97. The van der Waals surface area contributed by atoms with Crippen LogP contribution in [0.25, 0.3) is 22.4 Å². The van der Waals surface area contributed by atoms with Crippen molar-refractivity contribution in [3.63, 3.8) is 0 Å². The van der Waals surface area contributed by atoms with E-state index >= 15 is 0 Å². The molecule has 6 heteroatoms. The molecule has 0 saturated heterocycles. The number of H-pyrrole nitrogens is 1. The molecule has 29 heavy (non-hydrogen) atoms. The van der Waals surface area contributed by atoms with E-state index in [-0.39, 0.29) is 11.5 Å². The molecule has 0 unspecified atom stereocenters. The molecule has 0 radical (unpaired) electrons. The van der Waals surface area contributed by atoms with E-state index in [1.165, 1.54) is 0 Å². The number of nitrogens with zero attached hydrogens (tertiary/aromatic N) is 1. The summed E-state index contributed by atoms with van der Waals surface area (Å²) in [4.78, 5) is 31.5. The van der Waals surface area contributed by atoms with E-state index in [0.717, 1.165) is 28.0 Å². The minimum Gasteiger partial charge on any atom is -0.441 e. The van der Waals surface area contributed by atoms with Crippen molar-refractivity contribution >= 4 is 16.8 Å². The van der Waals surface area contributed by atoms with Crippen molar-refractivity contribution in [2.75, 3.05) is 6.54 Å². The van der Waals surface area contributed by atoms with E-state index in [9.17, 15) is 9.59 Å². The van der Waals surface area contributed by atoms with Gasteiger partial charge in [0.25, 0.3) is 5.91 Å². The Hall–Kier alpha value is -3.67. The fourth-order valence-corrected chi connectivity index (χ4v) is 3.34. The van der Waals surface area contributed by atoms with Crippen molar-refractivity contribution in [1.82, 2.24) is 15.3 Å². The molecule has 4 rings (SSSR count). The lowest BCUT2D eigenvalue weighted by molar-refractivity contribution is 0.0954. The average Bonchev–Trinajstić information content (AvgIpc) is 3.08. The van der Waals surface area contributed by atoms with Gasteiger partial charge in [-0.05, 0) is 43.7 Å². The van der Waals surface area contributed by atoms with Crippen LogP contribution in [-0.2, 0) is 6.42 Å². The Morgan fingerprint density at radius 3 is 2.69 bits per heavy atom. The Morgan fingerprint density at radius 2 is 1.90 bits per heavy atom. The van der Waals surface area contributed by atoms with E-state index in [1.807, 2.05) is 50.2 Å². The molecule has 2 aromatic heterocycles. The Balaban J connectivity index is 1.43. The van der Waals surface area contributed by atoms with Gasteiger partial charge in [-0.3, -0.25) is 9.59 Å². The summed E-state index contributed by atoms with van der Waals surface area (Å²) in [7, 11) is 0. The van der Waals surface area contributed by atoms with Crippen LogP contribution in [0.2, 0.25) is 0 Å². The number of hydrogen-bond acceptors (Lipinski definition) is 4. The van der Waals surface area contributed by atoms with Crippen molar-refractivity contribution in [2.24, 2.45) is 0 Å². The highest BCUT2D eigenvalue weighted by Crippen LogP contribution is 2.21. The molecule has 1 amide bonds. The second kappa shape index (κ2) is 7.75. The summed E-state index contributed by atoms with van der Waals surface area (Å²) in [6, 6.07) is 16.6. The van der Waals surface area contributed by atoms with Gasteiger partial charge in [0.2, 0.25) is 11.4 Å². The van der Waals surface area contributed by atoms with Crippen LogP contribution in [0.3, 0.4) is 0 Å². The molecule has 0 atom stereocenters. The average molecular weight is 387 g/mol. The van der Waals surface area contributed by atoms with Crippen LogP contribution in [0.1, 0.15) is 27.4 Å². The van der Waals surface area contributed by atoms with Gasteiger partial charge in [0.1, 0.15) is 5.76 Å². The van der Waals surface area contributed by atoms with Crippen LogP contribution in [0.15, 0.2) is 63.8 Å². The Kier molecular flexibility index (Phi) is 4.99. The molecule has 0 aliphatic carbocycles. The monoisotopic (exact) mass is 387 g/mol. The van der Waals surface area contributed by atoms with Crippen molar-refractivity contribution in [2.45, 2.75) is 20.3 Å². The summed E-state index contributed by atoms with van der Waals surface area (Å²) >= 11 is 0. The summed E-state index contributed by atoms with van der Waals surface area (Å²) in [6.45, 7) is 4.18. The van der Waals surface area contributed by atoms with E-state index in [0.29, 0.717) is 29.9 Å². The van der Waals surface area contributed by atoms with Gasteiger partial charge in [0.05, 0.1) is 5.69 Å².